The molecule has 0 radical (unpaired) electrons. The van der Waals surface area contributed by atoms with Gasteiger partial charge in [-0.3, -0.25) is 9.59 Å². The predicted octanol–water partition coefficient (Wildman–Crippen LogP) is 1.96. The Hall–Kier alpha value is -1.95. The maximum atomic E-state index is 11.0. The molecule has 2 N–H and O–H groups in total. The lowest BCUT2D eigenvalue weighted by Gasteiger charge is -2.26. The van der Waals surface area contributed by atoms with E-state index in [1.54, 1.807) is 18.2 Å². The number of rotatable bonds is 7. The third-order valence-electron chi connectivity index (χ3n) is 2.72. The molecule has 1 aromatic carbocycles. The number of halogens is 1. The first-order valence-electron chi connectivity index (χ1n) is 5.88. The van der Waals surface area contributed by atoms with E-state index in [9.17, 15) is 9.59 Å². The number of methoxy groups -OCH3 is 1. The average Bonchev–Trinajstić information content (AvgIpc) is 2.37. The van der Waals surface area contributed by atoms with Crippen LogP contribution in [0.25, 0.3) is 0 Å². The second kappa shape index (κ2) is 7.00. The first-order chi connectivity index (χ1) is 9.35. The SMILES string of the molecule is COc1ccc(Cl)cc1N(CC(=O)O)CC(C)C(=O)O. The minimum absolute atomic E-state index is 0.0400. The summed E-state index contributed by atoms with van der Waals surface area (Å²) in [6, 6.07) is 4.78. The minimum atomic E-state index is -1.07. The number of hydrogen-bond donors (Lipinski definition) is 2. The van der Waals surface area contributed by atoms with Crippen molar-refractivity contribution in [1.29, 1.82) is 0 Å². The van der Waals surface area contributed by atoms with Crippen LogP contribution in [0.3, 0.4) is 0 Å². The molecular weight excluding hydrogens is 286 g/mol. The number of carbonyl (C=O) groups is 2. The Morgan fingerprint density at radius 1 is 1.40 bits per heavy atom. The quantitative estimate of drug-likeness (QED) is 0.800. The van der Waals surface area contributed by atoms with E-state index < -0.39 is 17.9 Å². The molecular formula is C13H16ClNO5. The highest BCUT2D eigenvalue weighted by molar-refractivity contribution is 6.31. The van der Waals surface area contributed by atoms with Crippen LogP contribution in [-0.4, -0.2) is 42.4 Å². The summed E-state index contributed by atoms with van der Waals surface area (Å²) in [5, 5.41) is 18.3. The van der Waals surface area contributed by atoms with E-state index in [4.69, 9.17) is 26.6 Å². The van der Waals surface area contributed by atoms with Gasteiger partial charge in [0.2, 0.25) is 0 Å². The smallest absolute Gasteiger partial charge is 0.323 e. The normalized spacial score (nSPS) is 11.8. The first kappa shape index (κ1) is 16.1. The lowest BCUT2D eigenvalue weighted by Crippen LogP contribution is -2.36. The zero-order chi connectivity index (χ0) is 15.3. The van der Waals surface area contributed by atoms with Gasteiger partial charge in [-0.2, -0.15) is 0 Å². The Labute approximate surface area is 121 Å². The van der Waals surface area contributed by atoms with Crippen molar-refractivity contribution in [3.8, 4) is 5.75 Å². The summed E-state index contributed by atoms with van der Waals surface area (Å²) in [5.74, 6) is -2.35. The number of nitrogens with zero attached hydrogens (tertiary/aromatic N) is 1. The van der Waals surface area contributed by atoms with E-state index in [0.717, 1.165) is 0 Å². The zero-order valence-electron chi connectivity index (χ0n) is 11.2. The topological polar surface area (TPSA) is 87.1 Å². The fraction of sp³-hybridized carbons (Fsp3) is 0.385. The van der Waals surface area contributed by atoms with Gasteiger partial charge in [0.25, 0.3) is 0 Å². The number of anilines is 1. The van der Waals surface area contributed by atoms with Crippen LogP contribution in [0.15, 0.2) is 18.2 Å². The van der Waals surface area contributed by atoms with Crippen molar-refractivity contribution in [3.05, 3.63) is 23.2 Å². The largest absolute Gasteiger partial charge is 0.495 e. The van der Waals surface area contributed by atoms with Gasteiger partial charge in [0.15, 0.2) is 0 Å². The van der Waals surface area contributed by atoms with E-state index in [2.05, 4.69) is 0 Å². The molecule has 0 aliphatic rings. The molecule has 0 amide bonds. The van der Waals surface area contributed by atoms with Crippen LogP contribution in [0.2, 0.25) is 5.02 Å². The highest BCUT2D eigenvalue weighted by Gasteiger charge is 2.21. The van der Waals surface area contributed by atoms with Gasteiger partial charge in [0.05, 0.1) is 18.7 Å². The van der Waals surface area contributed by atoms with Gasteiger partial charge in [0.1, 0.15) is 12.3 Å². The van der Waals surface area contributed by atoms with Gasteiger partial charge in [-0.1, -0.05) is 18.5 Å². The van der Waals surface area contributed by atoms with Crippen molar-refractivity contribution >= 4 is 29.2 Å². The molecule has 0 bridgehead atoms. The van der Waals surface area contributed by atoms with Crippen molar-refractivity contribution in [3.63, 3.8) is 0 Å². The average molecular weight is 302 g/mol. The lowest BCUT2D eigenvalue weighted by molar-refractivity contribution is -0.141. The molecule has 0 aromatic heterocycles. The standard InChI is InChI=1S/C13H16ClNO5/c1-8(13(18)19)6-15(7-12(16)17)10-5-9(14)3-4-11(10)20-2/h3-5,8H,6-7H2,1-2H3,(H,16,17)(H,18,19). The minimum Gasteiger partial charge on any atom is -0.495 e. The molecule has 7 heteroatoms. The monoisotopic (exact) mass is 301 g/mol. The fourth-order valence-corrected chi connectivity index (χ4v) is 1.90. The molecule has 0 saturated heterocycles. The summed E-state index contributed by atoms with van der Waals surface area (Å²) in [6.45, 7) is 1.21. The van der Waals surface area contributed by atoms with Gasteiger partial charge in [-0.25, -0.2) is 0 Å². The zero-order valence-corrected chi connectivity index (χ0v) is 11.9. The molecule has 1 unspecified atom stereocenters. The third kappa shape index (κ3) is 4.31. The molecule has 110 valence electrons. The van der Waals surface area contributed by atoms with Crippen LogP contribution in [0, 0.1) is 5.92 Å². The van der Waals surface area contributed by atoms with E-state index in [1.807, 2.05) is 0 Å². The summed E-state index contributed by atoms with van der Waals surface area (Å²) in [6.07, 6.45) is 0. The highest BCUT2D eigenvalue weighted by atomic mass is 35.5. The summed E-state index contributed by atoms with van der Waals surface area (Å²) < 4.78 is 5.16. The van der Waals surface area contributed by atoms with Gasteiger partial charge >= 0.3 is 11.9 Å². The Balaban J connectivity index is 3.12. The van der Waals surface area contributed by atoms with Crippen molar-refractivity contribution in [2.45, 2.75) is 6.92 Å². The summed E-state index contributed by atoms with van der Waals surface area (Å²) in [7, 11) is 1.45. The lowest BCUT2D eigenvalue weighted by atomic mass is 10.1. The van der Waals surface area contributed by atoms with Gasteiger partial charge < -0.3 is 19.8 Å². The maximum absolute atomic E-state index is 11.0. The van der Waals surface area contributed by atoms with Crippen molar-refractivity contribution in [1.82, 2.24) is 0 Å². The van der Waals surface area contributed by atoms with Crippen molar-refractivity contribution in [2.24, 2.45) is 5.92 Å². The molecule has 0 spiro atoms. The van der Waals surface area contributed by atoms with Crippen LogP contribution in [-0.2, 0) is 9.59 Å². The van der Waals surface area contributed by atoms with Gasteiger partial charge in [-0.05, 0) is 18.2 Å². The summed E-state index contributed by atoms with van der Waals surface area (Å²) in [5.41, 5.74) is 0.454. The van der Waals surface area contributed by atoms with E-state index in [0.29, 0.717) is 16.5 Å². The van der Waals surface area contributed by atoms with Gasteiger partial charge in [0, 0.05) is 11.6 Å². The van der Waals surface area contributed by atoms with Crippen LogP contribution in [0.5, 0.6) is 5.75 Å². The molecule has 0 saturated carbocycles. The molecule has 1 atom stereocenters. The Morgan fingerprint density at radius 3 is 2.55 bits per heavy atom. The Bertz CT molecular complexity index is 506. The second-order valence-corrected chi connectivity index (χ2v) is 4.77. The fourth-order valence-electron chi connectivity index (χ4n) is 1.73. The number of ether oxygens (including phenoxy) is 1. The molecule has 0 aliphatic heterocycles. The maximum Gasteiger partial charge on any atom is 0.323 e. The molecule has 20 heavy (non-hydrogen) atoms. The first-order valence-corrected chi connectivity index (χ1v) is 6.26. The predicted molar refractivity (Wildman–Crippen MR) is 74.7 cm³/mol. The van der Waals surface area contributed by atoms with Crippen LogP contribution in [0.4, 0.5) is 5.69 Å². The number of benzene rings is 1. The molecule has 1 aromatic rings. The number of hydrogen-bond acceptors (Lipinski definition) is 4. The highest BCUT2D eigenvalue weighted by Crippen LogP contribution is 2.31. The number of carboxylic acid groups (broad SMARTS) is 2. The molecule has 0 aliphatic carbocycles. The van der Waals surface area contributed by atoms with Crippen molar-refractivity contribution < 1.29 is 24.5 Å². The molecule has 0 fully saturated rings. The molecule has 6 nitrogen and oxygen atoms in total. The summed E-state index contributed by atoms with van der Waals surface area (Å²) >= 11 is 5.91. The number of aliphatic carboxylic acids is 2. The Morgan fingerprint density at radius 2 is 2.05 bits per heavy atom. The van der Waals surface area contributed by atoms with Crippen molar-refractivity contribution in [2.75, 3.05) is 25.1 Å². The van der Waals surface area contributed by atoms with Crippen LogP contribution < -0.4 is 9.64 Å². The third-order valence-corrected chi connectivity index (χ3v) is 2.96. The van der Waals surface area contributed by atoms with Gasteiger partial charge in [-0.15, -0.1) is 0 Å². The Kier molecular flexibility index (Phi) is 5.64. The number of carboxylic acids is 2. The van der Waals surface area contributed by atoms with E-state index in [-0.39, 0.29) is 13.1 Å². The summed E-state index contributed by atoms with van der Waals surface area (Å²) in [4.78, 5) is 23.3. The molecule has 1 rings (SSSR count). The van der Waals surface area contributed by atoms with E-state index in [1.165, 1.54) is 18.9 Å². The molecule has 0 heterocycles. The van der Waals surface area contributed by atoms with E-state index >= 15 is 0 Å². The second-order valence-electron chi connectivity index (χ2n) is 4.33. The van der Waals surface area contributed by atoms with Crippen LogP contribution in [0.1, 0.15) is 6.92 Å². The van der Waals surface area contributed by atoms with Crippen LogP contribution >= 0.6 is 11.6 Å².